The van der Waals surface area contributed by atoms with Crippen molar-refractivity contribution in [2.45, 2.75) is 79.6 Å². The quantitative estimate of drug-likeness (QED) is 0.151. The molecule has 0 unspecified atom stereocenters. The fourth-order valence-corrected chi connectivity index (χ4v) is 6.72. The summed E-state index contributed by atoms with van der Waals surface area (Å²) < 4.78 is 9.27. The fourth-order valence-electron chi connectivity index (χ4n) is 6.72. The Morgan fingerprint density at radius 3 is 2.09 bits per heavy atom. The third kappa shape index (κ3) is 4.75. The Bertz CT molecular complexity index is 2150. The summed E-state index contributed by atoms with van der Waals surface area (Å²) in [6.45, 7) is 19.7. The molecule has 0 fully saturated rings. The molecule has 6 aromatic rings. The van der Waals surface area contributed by atoms with E-state index in [4.69, 9.17) is 19.7 Å². The summed E-state index contributed by atoms with van der Waals surface area (Å²) in [5, 5.41) is 7.19. The third-order valence-corrected chi connectivity index (χ3v) is 9.03. The van der Waals surface area contributed by atoms with Crippen molar-refractivity contribution in [2.75, 3.05) is 0 Å². The second-order valence-electron chi connectivity index (χ2n) is 15.2. The van der Waals surface area contributed by atoms with Crippen LogP contribution in [0.5, 0.6) is 11.5 Å². The Morgan fingerprint density at radius 1 is 0.778 bits per heavy atom. The van der Waals surface area contributed by atoms with Crippen LogP contribution in [0.1, 0.15) is 78.2 Å². The topological polar surface area (TPSA) is 51.8 Å². The number of nitrogens with zero attached hydrogens (tertiary/aromatic N) is 4. The van der Waals surface area contributed by atoms with Crippen LogP contribution in [-0.4, -0.2) is 15.0 Å². The summed E-state index contributed by atoms with van der Waals surface area (Å²) in [5.74, 6) is 4.75. The Morgan fingerprint density at radius 2 is 1.44 bits per heavy atom. The number of hydrogen-bond donors (Lipinski definition) is 0. The summed E-state index contributed by atoms with van der Waals surface area (Å²) in [6, 6.07) is 19.8. The van der Waals surface area contributed by atoms with E-state index in [-0.39, 0.29) is 10.8 Å². The fraction of sp³-hybridized carbons (Fsp3) is 0.350. The van der Waals surface area contributed by atoms with E-state index in [2.05, 4.69) is 135 Å². The van der Waals surface area contributed by atoms with E-state index in [1.165, 1.54) is 38.5 Å². The molecule has 4 aromatic carbocycles. The maximum absolute atomic E-state index is 7.01. The van der Waals surface area contributed by atoms with Gasteiger partial charge >= 0.3 is 0 Å². The van der Waals surface area contributed by atoms with Gasteiger partial charge in [-0.1, -0.05) is 91.8 Å². The van der Waals surface area contributed by atoms with Gasteiger partial charge in [0.25, 0.3) is 0 Å². The van der Waals surface area contributed by atoms with Crippen LogP contribution in [0.15, 0.2) is 60.8 Å². The van der Waals surface area contributed by atoms with Crippen molar-refractivity contribution >= 4 is 32.3 Å². The number of aryl methyl sites for hydroxylation is 2. The highest BCUT2D eigenvalue weighted by molar-refractivity contribution is 6.16. The normalized spacial score (nSPS) is 13.1. The molecule has 228 valence electrons. The Balaban J connectivity index is 1.52. The molecule has 0 bridgehead atoms. The van der Waals surface area contributed by atoms with Crippen LogP contribution in [0.4, 0.5) is 0 Å². The van der Waals surface area contributed by atoms with Crippen molar-refractivity contribution in [3.8, 4) is 34.1 Å². The first-order valence-corrected chi connectivity index (χ1v) is 16.1. The number of aromatic nitrogens is 4. The summed E-state index contributed by atoms with van der Waals surface area (Å²) in [4.78, 5) is 14.9. The lowest BCUT2D eigenvalue weighted by Gasteiger charge is -2.26. The molecule has 5 nitrogen and oxygen atoms in total. The lowest BCUT2D eigenvalue weighted by atomic mass is 9.85. The van der Waals surface area contributed by atoms with E-state index >= 15 is 0 Å². The number of hydrogen-bond acceptors (Lipinski definition) is 4. The number of pyridine rings is 1. The van der Waals surface area contributed by atoms with E-state index < -0.39 is 0 Å². The SMILES string of the molecule is Cc1c2c(c(CC(C)C)c3ccccc13)Oc1cc3ccc(-c4nc(C(C)(C)C)nc(C(C)(C)C)n4)cc3c3cc[n+](C)c-2c13. The summed E-state index contributed by atoms with van der Waals surface area (Å²) in [6.07, 6.45) is 3.14. The molecule has 0 saturated heterocycles. The molecule has 5 heteroatoms. The number of fused-ring (bicyclic) bond motifs is 5. The smallest absolute Gasteiger partial charge is 0.228 e. The van der Waals surface area contributed by atoms with Crippen molar-refractivity contribution < 1.29 is 9.30 Å². The van der Waals surface area contributed by atoms with Crippen LogP contribution in [0.25, 0.3) is 55.0 Å². The largest absolute Gasteiger partial charge is 0.455 e. The number of rotatable bonds is 3. The zero-order chi connectivity index (χ0) is 32.0. The second kappa shape index (κ2) is 10.1. The van der Waals surface area contributed by atoms with Crippen molar-refractivity contribution in [3.05, 3.63) is 83.6 Å². The predicted molar refractivity (Wildman–Crippen MR) is 185 cm³/mol. The van der Waals surface area contributed by atoms with Crippen molar-refractivity contribution in [2.24, 2.45) is 13.0 Å². The van der Waals surface area contributed by atoms with Crippen LogP contribution in [0, 0.1) is 12.8 Å². The van der Waals surface area contributed by atoms with Gasteiger partial charge in [0.1, 0.15) is 30.2 Å². The molecule has 3 heterocycles. The molecular formula is C40H43N4O+. The van der Waals surface area contributed by atoms with Crippen LogP contribution in [-0.2, 0) is 24.3 Å². The van der Waals surface area contributed by atoms with Gasteiger partial charge in [0, 0.05) is 33.4 Å². The van der Waals surface area contributed by atoms with Gasteiger partial charge in [-0.15, -0.1) is 0 Å². The van der Waals surface area contributed by atoms with Crippen molar-refractivity contribution in [3.63, 3.8) is 0 Å². The van der Waals surface area contributed by atoms with Crippen molar-refractivity contribution in [1.29, 1.82) is 0 Å². The first kappa shape index (κ1) is 29.3. The standard InChI is InChI=1S/C40H43N4O/c1-22(2)19-30-27-14-12-11-13-26(27)23(3)32-34-33-28(17-18-44(34)10)29-20-25(16-15-24(29)21-31(33)45-35(30)32)36-41-37(39(4,5)6)43-38(42-36)40(7,8)9/h11-18,20-22H,19H2,1-10H3/q+1. The highest BCUT2D eigenvalue weighted by Gasteiger charge is 2.34. The summed E-state index contributed by atoms with van der Waals surface area (Å²) in [5.41, 5.74) is 5.54. The number of benzene rings is 4. The van der Waals surface area contributed by atoms with Crippen LogP contribution >= 0.6 is 0 Å². The van der Waals surface area contributed by atoms with Gasteiger partial charge in [0.15, 0.2) is 12.0 Å². The highest BCUT2D eigenvalue weighted by Crippen LogP contribution is 2.52. The maximum atomic E-state index is 7.01. The van der Waals surface area contributed by atoms with Gasteiger partial charge < -0.3 is 4.74 Å². The lowest BCUT2D eigenvalue weighted by Crippen LogP contribution is -2.32. The van der Waals surface area contributed by atoms with Gasteiger partial charge in [-0.25, -0.2) is 19.5 Å². The molecule has 0 amide bonds. The van der Waals surface area contributed by atoms with E-state index in [9.17, 15) is 0 Å². The van der Waals surface area contributed by atoms with Crippen molar-refractivity contribution in [1.82, 2.24) is 15.0 Å². The molecule has 0 saturated carbocycles. The Kier molecular flexibility index (Phi) is 6.56. The molecule has 0 radical (unpaired) electrons. The minimum atomic E-state index is -0.196. The zero-order valence-corrected chi connectivity index (χ0v) is 28.3. The molecule has 1 aliphatic heterocycles. The predicted octanol–water partition coefficient (Wildman–Crippen LogP) is 9.70. The minimum Gasteiger partial charge on any atom is -0.455 e. The minimum absolute atomic E-state index is 0.196. The highest BCUT2D eigenvalue weighted by atomic mass is 16.5. The monoisotopic (exact) mass is 595 g/mol. The molecule has 0 spiro atoms. The molecule has 0 atom stereocenters. The third-order valence-electron chi connectivity index (χ3n) is 9.03. The average Bonchev–Trinajstić information content (AvgIpc) is 2.98. The lowest BCUT2D eigenvalue weighted by molar-refractivity contribution is -0.659. The summed E-state index contributed by atoms with van der Waals surface area (Å²) in [7, 11) is 2.15. The number of ether oxygens (including phenoxy) is 1. The second-order valence-corrected chi connectivity index (χ2v) is 15.2. The van der Waals surface area contributed by atoms with E-state index in [1.54, 1.807) is 0 Å². The molecule has 1 aliphatic rings. The van der Waals surface area contributed by atoms with Gasteiger partial charge in [-0.3, -0.25) is 0 Å². The van der Waals surface area contributed by atoms with E-state index in [0.29, 0.717) is 5.92 Å². The molecule has 2 aromatic heterocycles. The van der Waals surface area contributed by atoms with Crippen LogP contribution < -0.4 is 9.30 Å². The van der Waals surface area contributed by atoms with Gasteiger partial charge in [-0.2, -0.15) is 0 Å². The van der Waals surface area contributed by atoms with Gasteiger partial charge in [0.2, 0.25) is 5.69 Å². The average molecular weight is 596 g/mol. The van der Waals surface area contributed by atoms with Gasteiger partial charge in [0.05, 0.1) is 10.9 Å². The molecule has 45 heavy (non-hydrogen) atoms. The molecule has 0 aliphatic carbocycles. The first-order valence-electron chi connectivity index (χ1n) is 16.1. The first-order chi connectivity index (χ1) is 21.2. The summed E-state index contributed by atoms with van der Waals surface area (Å²) >= 11 is 0. The van der Waals surface area contributed by atoms with E-state index in [0.717, 1.165) is 57.1 Å². The molecule has 0 N–H and O–H groups in total. The Labute approximate surface area is 266 Å². The molecule has 7 rings (SSSR count). The Hall–Kier alpha value is -4.38. The van der Waals surface area contributed by atoms with Crippen LogP contribution in [0.2, 0.25) is 0 Å². The van der Waals surface area contributed by atoms with E-state index in [1.807, 2.05) is 0 Å². The zero-order valence-electron chi connectivity index (χ0n) is 28.3. The van der Waals surface area contributed by atoms with Gasteiger partial charge in [-0.05, 0) is 58.5 Å². The maximum Gasteiger partial charge on any atom is 0.228 e. The van der Waals surface area contributed by atoms with Crippen LogP contribution in [0.3, 0.4) is 0 Å². The molecular weight excluding hydrogens is 552 g/mol.